The molecule has 9 heteroatoms. The average molecular weight is 398 g/mol. The molecule has 0 amide bonds. The lowest BCUT2D eigenvalue weighted by atomic mass is 10.2. The van der Waals surface area contributed by atoms with Gasteiger partial charge in [0.25, 0.3) is 5.56 Å². The van der Waals surface area contributed by atoms with E-state index in [1.807, 2.05) is 24.3 Å². The van der Waals surface area contributed by atoms with Crippen LogP contribution in [0.15, 0.2) is 69.2 Å². The highest BCUT2D eigenvalue weighted by molar-refractivity contribution is 7.98. The van der Waals surface area contributed by atoms with Gasteiger partial charge in [0.15, 0.2) is 5.16 Å². The third-order valence-corrected chi connectivity index (χ3v) is 4.75. The second-order valence-corrected chi connectivity index (χ2v) is 6.80. The molecular formula is C18H12ClN5O2S. The third-order valence-electron chi connectivity index (χ3n) is 3.56. The minimum atomic E-state index is -0.254. The van der Waals surface area contributed by atoms with Crippen LogP contribution in [0.2, 0.25) is 5.02 Å². The topological polar surface area (TPSA) is 97.6 Å². The standard InChI is InChI=1S/C18H12ClN5O2S/c19-12-6-2-1-5-11(12)17-23-16(26-24-17)10-27-18-21-14(9-15(25)22-18)13-7-3-4-8-20-13/h1-9H,10H2,(H,21,22,25). The molecule has 0 saturated carbocycles. The first-order valence-corrected chi connectivity index (χ1v) is 9.28. The number of H-pyrrole nitrogens is 1. The van der Waals surface area contributed by atoms with E-state index in [4.69, 9.17) is 16.1 Å². The molecule has 3 heterocycles. The molecule has 27 heavy (non-hydrogen) atoms. The van der Waals surface area contributed by atoms with E-state index in [9.17, 15) is 4.79 Å². The molecule has 0 fully saturated rings. The number of aromatic amines is 1. The van der Waals surface area contributed by atoms with Crippen LogP contribution >= 0.6 is 23.4 Å². The van der Waals surface area contributed by atoms with Crippen molar-refractivity contribution in [2.24, 2.45) is 0 Å². The lowest BCUT2D eigenvalue weighted by Gasteiger charge is -2.02. The summed E-state index contributed by atoms with van der Waals surface area (Å²) in [7, 11) is 0. The Bertz CT molecular complexity index is 1130. The van der Waals surface area contributed by atoms with Gasteiger partial charge in [0.2, 0.25) is 11.7 Å². The first-order chi connectivity index (χ1) is 13.2. The molecule has 0 saturated heterocycles. The molecule has 1 N–H and O–H groups in total. The van der Waals surface area contributed by atoms with E-state index in [0.717, 1.165) is 0 Å². The molecule has 4 rings (SSSR count). The number of halogens is 1. The van der Waals surface area contributed by atoms with E-state index in [0.29, 0.717) is 44.6 Å². The summed E-state index contributed by atoms with van der Waals surface area (Å²) in [5.41, 5.74) is 1.58. The van der Waals surface area contributed by atoms with E-state index in [1.165, 1.54) is 17.8 Å². The highest BCUT2D eigenvalue weighted by Gasteiger charge is 2.13. The molecule has 0 atom stereocenters. The Morgan fingerprint density at radius 3 is 2.74 bits per heavy atom. The lowest BCUT2D eigenvalue weighted by Crippen LogP contribution is -2.08. The molecule has 3 aromatic heterocycles. The number of nitrogens with zero attached hydrogens (tertiary/aromatic N) is 4. The summed E-state index contributed by atoms with van der Waals surface area (Å²) in [6, 6.07) is 14.1. The molecule has 134 valence electrons. The van der Waals surface area contributed by atoms with Crippen molar-refractivity contribution < 1.29 is 4.52 Å². The van der Waals surface area contributed by atoms with Crippen LogP contribution in [0.5, 0.6) is 0 Å². The van der Waals surface area contributed by atoms with Gasteiger partial charge in [-0.15, -0.1) is 0 Å². The van der Waals surface area contributed by atoms with Gasteiger partial charge in [0.1, 0.15) is 0 Å². The first kappa shape index (κ1) is 17.4. The van der Waals surface area contributed by atoms with Crippen molar-refractivity contribution in [1.29, 1.82) is 0 Å². The van der Waals surface area contributed by atoms with E-state index in [-0.39, 0.29) is 5.56 Å². The Kier molecular flexibility index (Phi) is 4.99. The second-order valence-electron chi connectivity index (χ2n) is 5.43. The van der Waals surface area contributed by atoms with Gasteiger partial charge in [-0.25, -0.2) is 4.98 Å². The largest absolute Gasteiger partial charge is 0.338 e. The molecular weight excluding hydrogens is 386 g/mol. The number of aromatic nitrogens is 5. The van der Waals surface area contributed by atoms with Crippen LogP contribution < -0.4 is 5.56 Å². The summed E-state index contributed by atoms with van der Waals surface area (Å²) in [5.74, 6) is 1.17. The summed E-state index contributed by atoms with van der Waals surface area (Å²) in [5, 5.41) is 4.95. The molecule has 4 aromatic rings. The summed E-state index contributed by atoms with van der Waals surface area (Å²) >= 11 is 7.44. The summed E-state index contributed by atoms with van der Waals surface area (Å²) in [6.45, 7) is 0. The van der Waals surface area contributed by atoms with Crippen LogP contribution in [-0.2, 0) is 5.75 Å². The van der Waals surface area contributed by atoms with Crippen LogP contribution in [0.1, 0.15) is 5.89 Å². The molecule has 0 aliphatic carbocycles. The fourth-order valence-electron chi connectivity index (χ4n) is 2.34. The Morgan fingerprint density at radius 2 is 1.93 bits per heavy atom. The van der Waals surface area contributed by atoms with Crippen molar-refractivity contribution in [2.75, 3.05) is 0 Å². The van der Waals surface area contributed by atoms with E-state index in [1.54, 1.807) is 24.4 Å². The van der Waals surface area contributed by atoms with Crippen molar-refractivity contribution in [3.05, 3.63) is 76.0 Å². The predicted molar refractivity (Wildman–Crippen MR) is 102 cm³/mol. The van der Waals surface area contributed by atoms with Gasteiger partial charge in [-0.1, -0.05) is 46.7 Å². The van der Waals surface area contributed by atoms with Crippen molar-refractivity contribution in [2.45, 2.75) is 10.9 Å². The molecule has 0 radical (unpaired) electrons. The van der Waals surface area contributed by atoms with Gasteiger partial charge in [-0.2, -0.15) is 4.98 Å². The number of hydrogen-bond donors (Lipinski definition) is 1. The van der Waals surface area contributed by atoms with Gasteiger partial charge in [-0.3, -0.25) is 9.78 Å². The van der Waals surface area contributed by atoms with Gasteiger partial charge in [-0.05, 0) is 24.3 Å². The normalized spacial score (nSPS) is 10.9. The zero-order chi connectivity index (χ0) is 18.6. The third kappa shape index (κ3) is 4.07. The Hall–Kier alpha value is -2.97. The molecule has 1 aromatic carbocycles. The van der Waals surface area contributed by atoms with Crippen molar-refractivity contribution in [3.63, 3.8) is 0 Å². The van der Waals surface area contributed by atoms with E-state index >= 15 is 0 Å². The molecule has 0 bridgehead atoms. The quantitative estimate of drug-likeness (QED) is 0.403. The predicted octanol–water partition coefficient (Wildman–Crippen LogP) is 3.83. The minimum Gasteiger partial charge on any atom is -0.338 e. The lowest BCUT2D eigenvalue weighted by molar-refractivity contribution is 0.391. The molecule has 0 unspecified atom stereocenters. The Balaban J connectivity index is 1.52. The molecule has 7 nitrogen and oxygen atoms in total. The van der Waals surface area contributed by atoms with Crippen molar-refractivity contribution >= 4 is 23.4 Å². The number of benzene rings is 1. The molecule has 0 spiro atoms. The van der Waals surface area contributed by atoms with E-state index < -0.39 is 0 Å². The fraction of sp³-hybridized carbons (Fsp3) is 0.0556. The van der Waals surface area contributed by atoms with Crippen molar-refractivity contribution in [3.8, 4) is 22.8 Å². The first-order valence-electron chi connectivity index (χ1n) is 7.92. The number of rotatable bonds is 5. The Labute approximate surface area is 162 Å². The molecule has 0 aliphatic heterocycles. The maximum Gasteiger partial charge on any atom is 0.252 e. The number of thioether (sulfide) groups is 1. The average Bonchev–Trinajstić information content (AvgIpc) is 3.16. The maximum atomic E-state index is 11.9. The van der Waals surface area contributed by atoms with Gasteiger partial charge < -0.3 is 9.51 Å². The Morgan fingerprint density at radius 1 is 1.07 bits per heavy atom. The fourth-order valence-corrected chi connectivity index (χ4v) is 3.28. The van der Waals surface area contributed by atoms with Crippen molar-refractivity contribution in [1.82, 2.24) is 25.1 Å². The van der Waals surface area contributed by atoms with Crippen LogP contribution in [0.25, 0.3) is 22.8 Å². The maximum absolute atomic E-state index is 11.9. The zero-order valence-electron chi connectivity index (χ0n) is 13.8. The SMILES string of the molecule is O=c1cc(-c2ccccn2)nc(SCc2nc(-c3ccccc3Cl)no2)[nH]1. The highest BCUT2D eigenvalue weighted by Crippen LogP contribution is 2.26. The van der Waals surface area contributed by atoms with E-state index in [2.05, 4.69) is 25.1 Å². The van der Waals surface area contributed by atoms with Gasteiger partial charge in [0, 0.05) is 17.8 Å². The number of pyridine rings is 1. The summed E-state index contributed by atoms with van der Waals surface area (Å²) < 4.78 is 5.27. The molecule has 0 aliphatic rings. The number of nitrogens with one attached hydrogen (secondary N) is 1. The van der Waals surface area contributed by atoms with Crippen LogP contribution in [-0.4, -0.2) is 25.1 Å². The van der Waals surface area contributed by atoms with Crippen LogP contribution in [0, 0.1) is 0 Å². The van der Waals surface area contributed by atoms with Gasteiger partial charge >= 0.3 is 0 Å². The summed E-state index contributed by atoms with van der Waals surface area (Å²) in [4.78, 5) is 27.6. The smallest absolute Gasteiger partial charge is 0.252 e. The summed E-state index contributed by atoms with van der Waals surface area (Å²) in [6.07, 6.45) is 1.65. The zero-order valence-corrected chi connectivity index (χ0v) is 15.4. The monoisotopic (exact) mass is 397 g/mol. The highest BCUT2D eigenvalue weighted by atomic mass is 35.5. The number of hydrogen-bond acceptors (Lipinski definition) is 7. The van der Waals surface area contributed by atoms with Crippen LogP contribution in [0.4, 0.5) is 0 Å². The second kappa shape index (κ2) is 7.73. The van der Waals surface area contributed by atoms with Gasteiger partial charge in [0.05, 0.1) is 22.2 Å². The van der Waals surface area contributed by atoms with Crippen LogP contribution in [0.3, 0.4) is 0 Å². The minimum absolute atomic E-state index is 0.254.